The third-order valence-corrected chi connectivity index (χ3v) is 2.34. The normalized spacial score (nSPS) is 10.9. The van der Waals surface area contributed by atoms with E-state index < -0.39 is 5.60 Å². The van der Waals surface area contributed by atoms with Crippen molar-refractivity contribution in [2.75, 3.05) is 11.9 Å². The van der Waals surface area contributed by atoms with Gasteiger partial charge in [-0.05, 0) is 26.8 Å². The van der Waals surface area contributed by atoms with Crippen molar-refractivity contribution in [3.8, 4) is 24.3 Å². The molecule has 0 aliphatic heterocycles. The first-order valence-electron chi connectivity index (χ1n) is 6.21. The molecule has 7 nitrogen and oxygen atoms in total. The molecule has 7 heteroatoms. The summed E-state index contributed by atoms with van der Waals surface area (Å²) in [7, 11) is 0. The Hall–Kier alpha value is -2.62. The molecule has 0 spiro atoms. The van der Waals surface area contributed by atoms with Crippen LogP contribution in [0.15, 0.2) is 18.5 Å². The average molecular weight is 272 g/mol. The molecule has 0 amide bonds. The summed E-state index contributed by atoms with van der Waals surface area (Å²) in [5, 5.41) is 7.10. The molecule has 20 heavy (non-hydrogen) atoms. The van der Waals surface area contributed by atoms with Gasteiger partial charge in [0.2, 0.25) is 5.95 Å². The molecule has 0 bridgehead atoms. The molecular formula is C13H16N6O. The first kappa shape index (κ1) is 13.8. The lowest BCUT2D eigenvalue weighted by molar-refractivity contribution is 0.156. The molecule has 0 atom stereocenters. The number of hydrogen-bond acceptors (Lipinski definition) is 6. The van der Waals surface area contributed by atoms with E-state index in [1.807, 2.05) is 6.92 Å². The van der Waals surface area contributed by atoms with Crippen molar-refractivity contribution in [1.29, 1.82) is 0 Å². The van der Waals surface area contributed by atoms with Crippen LogP contribution >= 0.6 is 0 Å². The molecule has 1 N–H and O–H groups in total. The molecule has 0 fully saturated rings. The van der Waals surface area contributed by atoms with Crippen LogP contribution in [0.1, 0.15) is 20.8 Å². The Balaban J connectivity index is 2.39. The van der Waals surface area contributed by atoms with Gasteiger partial charge in [-0.2, -0.15) is 20.1 Å². The number of nitrogens with zero attached hydrogens (tertiary/aromatic N) is 5. The topological polar surface area (TPSA) is 77.8 Å². The molecule has 2 rings (SSSR count). The van der Waals surface area contributed by atoms with Gasteiger partial charge in [-0.1, -0.05) is 5.92 Å². The molecule has 0 aliphatic rings. The first-order valence-corrected chi connectivity index (χ1v) is 6.21. The Labute approximate surface area is 117 Å². The minimum absolute atomic E-state index is 0.157. The molecule has 0 aromatic carbocycles. The number of anilines is 1. The van der Waals surface area contributed by atoms with Crippen LogP contribution in [0.4, 0.5) is 5.95 Å². The minimum Gasteiger partial charge on any atom is -0.444 e. The maximum absolute atomic E-state index is 5.60. The van der Waals surface area contributed by atoms with Gasteiger partial charge in [-0.3, -0.25) is 0 Å². The Kier molecular flexibility index (Phi) is 3.84. The summed E-state index contributed by atoms with van der Waals surface area (Å²) >= 11 is 0. The van der Waals surface area contributed by atoms with Crippen LogP contribution in [0, 0.1) is 12.3 Å². The fourth-order valence-electron chi connectivity index (χ4n) is 1.38. The van der Waals surface area contributed by atoms with Crippen LogP contribution in [-0.2, 0) is 0 Å². The van der Waals surface area contributed by atoms with Gasteiger partial charge in [0, 0.05) is 18.9 Å². The van der Waals surface area contributed by atoms with E-state index in [0.29, 0.717) is 18.4 Å². The molecule has 0 radical (unpaired) electrons. The molecule has 0 saturated carbocycles. The van der Waals surface area contributed by atoms with Gasteiger partial charge in [0.15, 0.2) is 5.60 Å². The summed E-state index contributed by atoms with van der Waals surface area (Å²) < 4.78 is 7.12. The Morgan fingerprint density at radius 2 is 2.20 bits per heavy atom. The summed E-state index contributed by atoms with van der Waals surface area (Å²) in [5.74, 6) is 3.31. The number of terminal acetylenes is 1. The Morgan fingerprint density at radius 3 is 2.80 bits per heavy atom. The third-order valence-electron chi connectivity index (χ3n) is 2.34. The zero-order valence-electron chi connectivity index (χ0n) is 11.7. The highest BCUT2D eigenvalue weighted by Crippen LogP contribution is 2.16. The van der Waals surface area contributed by atoms with Crippen LogP contribution in [0.2, 0.25) is 0 Å². The Bertz CT molecular complexity index is 614. The van der Waals surface area contributed by atoms with Gasteiger partial charge < -0.3 is 10.1 Å². The van der Waals surface area contributed by atoms with E-state index in [1.165, 1.54) is 4.68 Å². The predicted octanol–water partition coefficient (Wildman–Crippen LogP) is 1.28. The molecule has 0 unspecified atom stereocenters. The summed E-state index contributed by atoms with van der Waals surface area (Å²) in [6.07, 6.45) is 8.78. The zero-order chi connectivity index (χ0) is 14.6. The molecule has 2 aromatic heterocycles. The largest absolute Gasteiger partial charge is 0.444 e. The fraction of sp³-hybridized carbons (Fsp3) is 0.385. The van der Waals surface area contributed by atoms with Crippen molar-refractivity contribution in [2.24, 2.45) is 0 Å². The van der Waals surface area contributed by atoms with Gasteiger partial charge in [-0.25, -0.2) is 4.68 Å². The van der Waals surface area contributed by atoms with Gasteiger partial charge in [0.05, 0.1) is 0 Å². The summed E-state index contributed by atoms with van der Waals surface area (Å²) in [6.45, 7) is 6.15. The standard InChI is InChI=1S/C13H16N6O/c1-5-13(3,4)20-12-17-10(14-6-2)16-11(18-12)19-9-7-8-15-19/h1,7-9H,6H2,2-4H3,(H,14,16,17,18). The van der Waals surface area contributed by atoms with Crippen LogP contribution < -0.4 is 10.1 Å². The smallest absolute Gasteiger partial charge is 0.324 e. The summed E-state index contributed by atoms with van der Waals surface area (Å²) in [4.78, 5) is 12.6. The summed E-state index contributed by atoms with van der Waals surface area (Å²) in [6, 6.07) is 1.94. The van der Waals surface area contributed by atoms with Gasteiger partial charge in [-0.15, -0.1) is 6.42 Å². The molecule has 0 aliphatic carbocycles. The number of rotatable bonds is 5. The van der Waals surface area contributed by atoms with Crippen LogP contribution in [0.5, 0.6) is 6.01 Å². The maximum Gasteiger partial charge on any atom is 0.324 e. The fourth-order valence-corrected chi connectivity index (χ4v) is 1.38. The SMILES string of the molecule is C#CC(C)(C)Oc1nc(NCC)nc(-n2cccn2)n1. The van der Waals surface area contributed by atoms with Crippen molar-refractivity contribution < 1.29 is 4.74 Å². The quantitative estimate of drug-likeness (QED) is 0.826. The highest BCUT2D eigenvalue weighted by atomic mass is 16.5. The second kappa shape index (κ2) is 5.57. The lowest BCUT2D eigenvalue weighted by atomic mass is 10.2. The van der Waals surface area contributed by atoms with Gasteiger partial charge in [0.25, 0.3) is 5.95 Å². The van der Waals surface area contributed by atoms with E-state index in [2.05, 4.69) is 31.3 Å². The van der Waals surface area contributed by atoms with E-state index >= 15 is 0 Å². The van der Waals surface area contributed by atoms with E-state index in [1.54, 1.807) is 32.3 Å². The molecule has 104 valence electrons. The second-order valence-electron chi connectivity index (χ2n) is 4.48. The number of aromatic nitrogens is 5. The molecule has 2 aromatic rings. The van der Waals surface area contributed by atoms with E-state index in [4.69, 9.17) is 11.2 Å². The lowest BCUT2D eigenvalue weighted by Crippen LogP contribution is -2.27. The second-order valence-corrected chi connectivity index (χ2v) is 4.48. The van der Waals surface area contributed by atoms with Crippen molar-refractivity contribution in [3.63, 3.8) is 0 Å². The van der Waals surface area contributed by atoms with Crippen molar-refractivity contribution in [1.82, 2.24) is 24.7 Å². The number of nitrogens with one attached hydrogen (secondary N) is 1. The molecule has 2 heterocycles. The first-order chi connectivity index (χ1) is 9.54. The molecule has 0 saturated heterocycles. The highest BCUT2D eigenvalue weighted by Gasteiger charge is 2.19. The lowest BCUT2D eigenvalue weighted by Gasteiger charge is -2.18. The number of hydrogen-bond donors (Lipinski definition) is 1. The van der Waals surface area contributed by atoms with Crippen molar-refractivity contribution in [2.45, 2.75) is 26.4 Å². The van der Waals surface area contributed by atoms with Gasteiger partial charge in [0.1, 0.15) is 0 Å². The Morgan fingerprint density at radius 1 is 1.40 bits per heavy atom. The van der Waals surface area contributed by atoms with E-state index in [0.717, 1.165) is 0 Å². The average Bonchev–Trinajstić information content (AvgIpc) is 2.92. The molecular weight excluding hydrogens is 256 g/mol. The predicted molar refractivity (Wildman–Crippen MR) is 74.7 cm³/mol. The van der Waals surface area contributed by atoms with Crippen LogP contribution in [-0.4, -0.2) is 36.9 Å². The van der Waals surface area contributed by atoms with E-state index in [9.17, 15) is 0 Å². The highest BCUT2D eigenvalue weighted by molar-refractivity contribution is 5.30. The third kappa shape index (κ3) is 3.23. The van der Waals surface area contributed by atoms with Crippen LogP contribution in [0.3, 0.4) is 0 Å². The number of ether oxygens (including phenoxy) is 1. The van der Waals surface area contributed by atoms with Crippen LogP contribution in [0.25, 0.3) is 5.95 Å². The van der Waals surface area contributed by atoms with Crippen molar-refractivity contribution in [3.05, 3.63) is 18.5 Å². The van der Waals surface area contributed by atoms with Crippen molar-refractivity contribution >= 4 is 5.95 Å². The maximum atomic E-state index is 5.60. The minimum atomic E-state index is -0.799. The van der Waals surface area contributed by atoms with Gasteiger partial charge >= 0.3 is 6.01 Å². The monoisotopic (exact) mass is 272 g/mol. The van der Waals surface area contributed by atoms with E-state index in [-0.39, 0.29) is 6.01 Å². The summed E-state index contributed by atoms with van der Waals surface area (Å²) in [5.41, 5.74) is -0.799. The zero-order valence-corrected chi connectivity index (χ0v) is 11.7.